The second-order valence-electron chi connectivity index (χ2n) is 3.53. The molecule has 1 aromatic rings. The van der Waals surface area contributed by atoms with Gasteiger partial charge in [0.2, 0.25) is 0 Å². The number of nitrogens with one attached hydrogen (secondary N) is 1. The van der Waals surface area contributed by atoms with Crippen molar-refractivity contribution in [3.63, 3.8) is 0 Å². The fraction of sp³-hybridized carbons (Fsp3) is 0.500. The molecular weight excluding hydrogens is 162 g/mol. The SMILES string of the molecule is Nc1ncccc1CCNC1CC1. The van der Waals surface area contributed by atoms with E-state index in [9.17, 15) is 0 Å². The zero-order valence-corrected chi connectivity index (χ0v) is 7.66. The minimum absolute atomic E-state index is 0.667. The van der Waals surface area contributed by atoms with Gasteiger partial charge in [-0.3, -0.25) is 0 Å². The first-order valence-corrected chi connectivity index (χ1v) is 4.79. The van der Waals surface area contributed by atoms with E-state index >= 15 is 0 Å². The van der Waals surface area contributed by atoms with Crippen molar-refractivity contribution in [2.45, 2.75) is 25.3 Å². The standard InChI is InChI=1S/C10H15N3/c11-10-8(2-1-6-13-10)5-7-12-9-3-4-9/h1-2,6,9,12H,3-5,7H2,(H2,11,13). The van der Waals surface area contributed by atoms with Crippen LogP contribution in [0.15, 0.2) is 18.3 Å². The van der Waals surface area contributed by atoms with E-state index in [0.717, 1.165) is 24.6 Å². The number of hydrogen-bond acceptors (Lipinski definition) is 3. The number of nitrogens with two attached hydrogens (primary N) is 1. The van der Waals surface area contributed by atoms with E-state index < -0.39 is 0 Å². The number of aromatic nitrogens is 1. The average molecular weight is 177 g/mol. The zero-order chi connectivity index (χ0) is 9.10. The normalized spacial score (nSPS) is 16.0. The van der Waals surface area contributed by atoms with E-state index in [1.54, 1.807) is 6.20 Å². The largest absolute Gasteiger partial charge is 0.383 e. The third-order valence-electron chi connectivity index (χ3n) is 2.33. The molecule has 0 aliphatic heterocycles. The number of anilines is 1. The molecule has 2 rings (SSSR count). The van der Waals surface area contributed by atoms with Crippen molar-refractivity contribution in [3.05, 3.63) is 23.9 Å². The number of hydrogen-bond donors (Lipinski definition) is 2. The number of nitrogen functional groups attached to an aromatic ring is 1. The molecule has 1 aromatic heterocycles. The Bertz CT molecular complexity index is 281. The van der Waals surface area contributed by atoms with Crippen LogP contribution in [-0.4, -0.2) is 17.6 Å². The molecule has 13 heavy (non-hydrogen) atoms. The molecule has 0 atom stereocenters. The van der Waals surface area contributed by atoms with E-state index in [-0.39, 0.29) is 0 Å². The highest BCUT2D eigenvalue weighted by molar-refractivity contribution is 5.38. The van der Waals surface area contributed by atoms with Crippen molar-refractivity contribution in [2.24, 2.45) is 0 Å². The Morgan fingerprint density at radius 3 is 3.08 bits per heavy atom. The minimum atomic E-state index is 0.667. The molecule has 0 saturated heterocycles. The molecule has 1 saturated carbocycles. The van der Waals surface area contributed by atoms with Crippen molar-refractivity contribution in [1.82, 2.24) is 10.3 Å². The van der Waals surface area contributed by atoms with Crippen molar-refractivity contribution in [3.8, 4) is 0 Å². The van der Waals surface area contributed by atoms with E-state index in [2.05, 4.69) is 10.3 Å². The summed E-state index contributed by atoms with van der Waals surface area (Å²) in [6, 6.07) is 4.75. The van der Waals surface area contributed by atoms with Gasteiger partial charge in [0, 0.05) is 12.2 Å². The third kappa shape index (κ3) is 2.42. The summed E-state index contributed by atoms with van der Waals surface area (Å²) < 4.78 is 0. The van der Waals surface area contributed by atoms with Crippen molar-refractivity contribution >= 4 is 5.82 Å². The monoisotopic (exact) mass is 177 g/mol. The topological polar surface area (TPSA) is 50.9 Å². The van der Waals surface area contributed by atoms with Crippen LogP contribution in [0.2, 0.25) is 0 Å². The number of pyridine rings is 1. The van der Waals surface area contributed by atoms with Crippen LogP contribution in [0.3, 0.4) is 0 Å². The van der Waals surface area contributed by atoms with Crippen LogP contribution in [0.1, 0.15) is 18.4 Å². The molecule has 1 aliphatic rings. The Morgan fingerprint density at radius 1 is 1.54 bits per heavy atom. The number of nitrogens with zero attached hydrogens (tertiary/aromatic N) is 1. The lowest BCUT2D eigenvalue weighted by molar-refractivity contribution is 0.682. The molecular formula is C10H15N3. The summed E-state index contributed by atoms with van der Waals surface area (Å²) in [5.41, 5.74) is 6.86. The molecule has 0 bridgehead atoms. The predicted octanol–water partition coefficient (Wildman–Crippen LogP) is 0.958. The Balaban J connectivity index is 1.82. The third-order valence-corrected chi connectivity index (χ3v) is 2.33. The minimum Gasteiger partial charge on any atom is -0.383 e. The van der Waals surface area contributed by atoms with Crippen molar-refractivity contribution in [1.29, 1.82) is 0 Å². The molecule has 70 valence electrons. The van der Waals surface area contributed by atoms with Gasteiger partial charge in [0.15, 0.2) is 0 Å². The molecule has 3 nitrogen and oxygen atoms in total. The summed E-state index contributed by atoms with van der Waals surface area (Å²) in [6.45, 7) is 1.01. The van der Waals surface area contributed by atoms with Gasteiger partial charge in [-0.15, -0.1) is 0 Å². The van der Waals surface area contributed by atoms with Crippen molar-refractivity contribution < 1.29 is 0 Å². The second kappa shape index (κ2) is 3.75. The Hall–Kier alpha value is -1.09. The maximum atomic E-state index is 5.71. The van der Waals surface area contributed by atoms with Gasteiger partial charge in [0.1, 0.15) is 5.82 Å². The Labute approximate surface area is 78.4 Å². The molecule has 3 N–H and O–H groups in total. The molecule has 0 spiro atoms. The fourth-order valence-electron chi connectivity index (χ4n) is 1.36. The molecule has 1 aliphatic carbocycles. The molecule has 3 heteroatoms. The molecule has 1 fully saturated rings. The Morgan fingerprint density at radius 2 is 2.38 bits per heavy atom. The average Bonchev–Trinajstić information content (AvgIpc) is 2.92. The van der Waals surface area contributed by atoms with E-state index in [1.807, 2.05) is 12.1 Å². The lowest BCUT2D eigenvalue weighted by Crippen LogP contribution is -2.19. The summed E-state index contributed by atoms with van der Waals surface area (Å²) in [5.74, 6) is 0.667. The molecule has 0 aromatic carbocycles. The van der Waals surface area contributed by atoms with Gasteiger partial charge in [-0.2, -0.15) is 0 Å². The van der Waals surface area contributed by atoms with Gasteiger partial charge in [0.25, 0.3) is 0 Å². The van der Waals surface area contributed by atoms with Crippen molar-refractivity contribution in [2.75, 3.05) is 12.3 Å². The van der Waals surface area contributed by atoms with Crippen LogP contribution in [0.4, 0.5) is 5.82 Å². The van der Waals surface area contributed by atoms with Crippen LogP contribution in [0.5, 0.6) is 0 Å². The summed E-state index contributed by atoms with van der Waals surface area (Å²) in [5, 5.41) is 3.45. The smallest absolute Gasteiger partial charge is 0.126 e. The highest BCUT2D eigenvalue weighted by atomic mass is 14.9. The molecule has 0 radical (unpaired) electrons. The van der Waals surface area contributed by atoms with Gasteiger partial charge in [-0.05, 0) is 37.4 Å². The highest BCUT2D eigenvalue weighted by Crippen LogP contribution is 2.18. The lowest BCUT2D eigenvalue weighted by Gasteiger charge is -2.04. The van der Waals surface area contributed by atoms with Gasteiger partial charge < -0.3 is 11.1 Å². The first kappa shape index (κ1) is 8.51. The zero-order valence-electron chi connectivity index (χ0n) is 7.66. The van der Waals surface area contributed by atoms with E-state index in [4.69, 9.17) is 5.73 Å². The summed E-state index contributed by atoms with van der Waals surface area (Å²) >= 11 is 0. The van der Waals surface area contributed by atoms with Crippen LogP contribution in [0, 0.1) is 0 Å². The van der Waals surface area contributed by atoms with Crippen LogP contribution in [-0.2, 0) is 6.42 Å². The molecule has 0 unspecified atom stereocenters. The van der Waals surface area contributed by atoms with Crippen LogP contribution in [0.25, 0.3) is 0 Å². The lowest BCUT2D eigenvalue weighted by atomic mass is 10.2. The molecule has 1 heterocycles. The van der Waals surface area contributed by atoms with Crippen LogP contribution < -0.4 is 11.1 Å². The maximum Gasteiger partial charge on any atom is 0.126 e. The first-order chi connectivity index (χ1) is 6.36. The van der Waals surface area contributed by atoms with Gasteiger partial charge in [0.05, 0.1) is 0 Å². The maximum absolute atomic E-state index is 5.71. The summed E-state index contributed by atoms with van der Waals surface area (Å²) in [6.07, 6.45) is 5.38. The second-order valence-corrected chi connectivity index (χ2v) is 3.53. The van der Waals surface area contributed by atoms with Gasteiger partial charge >= 0.3 is 0 Å². The van der Waals surface area contributed by atoms with E-state index in [0.29, 0.717) is 5.82 Å². The first-order valence-electron chi connectivity index (χ1n) is 4.79. The fourth-order valence-corrected chi connectivity index (χ4v) is 1.36. The van der Waals surface area contributed by atoms with Gasteiger partial charge in [-0.1, -0.05) is 6.07 Å². The Kier molecular flexibility index (Phi) is 2.45. The predicted molar refractivity (Wildman–Crippen MR) is 53.4 cm³/mol. The molecule has 0 amide bonds. The van der Waals surface area contributed by atoms with Crippen LogP contribution >= 0.6 is 0 Å². The summed E-state index contributed by atoms with van der Waals surface area (Å²) in [7, 11) is 0. The highest BCUT2D eigenvalue weighted by Gasteiger charge is 2.19. The summed E-state index contributed by atoms with van der Waals surface area (Å²) in [4.78, 5) is 4.04. The van der Waals surface area contributed by atoms with E-state index in [1.165, 1.54) is 12.8 Å². The van der Waals surface area contributed by atoms with Gasteiger partial charge in [-0.25, -0.2) is 4.98 Å². The quantitative estimate of drug-likeness (QED) is 0.720. The number of rotatable bonds is 4.